The Hall–Kier alpha value is -0.870. The summed E-state index contributed by atoms with van der Waals surface area (Å²) in [4.78, 5) is 12.7. The quantitative estimate of drug-likeness (QED) is 0.792. The molecule has 4 heteroatoms. The summed E-state index contributed by atoms with van der Waals surface area (Å²) in [5.41, 5.74) is 0. The van der Waals surface area contributed by atoms with Crippen LogP contribution in [0, 0.1) is 5.92 Å². The third kappa shape index (κ3) is 3.54. The van der Waals surface area contributed by atoms with Crippen LogP contribution >= 0.6 is 11.3 Å². The number of nitrogens with one attached hydrogen (secondary N) is 1. The van der Waals surface area contributed by atoms with Crippen molar-refractivity contribution in [1.29, 1.82) is 0 Å². The van der Waals surface area contributed by atoms with E-state index in [0.29, 0.717) is 12.3 Å². The lowest BCUT2D eigenvalue weighted by atomic mass is 9.78. The SMILES string of the molecule is COC(=O)CC(NCc1cccs1)C1CCC1. The fourth-order valence-corrected chi connectivity index (χ4v) is 2.81. The summed E-state index contributed by atoms with van der Waals surface area (Å²) in [5, 5.41) is 5.58. The number of rotatable bonds is 6. The van der Waals surface area contributed by atoms with Crippen molar-refractivity contribution in [3.8, 4) is 0 Å². The third-order valence-corrected chi connectivity index (χ3v) is 4.33. The summed E-state index contributed by atoms with van der Waals surface area (Å²) in [5.74, 6) is 0.537. The fraction of sp³-hybridized carbons (Fsp3) is 0.615. The van der Waals surface area contributed by atoms with Gasteiger partial charge in [-0.1, -0.05) is 12.5 Å². The molecule has 1 aliphatic rings. The van der Waals surface area contributed by atoms with Gasteiger partial charge >= 0.3 is 5.97 Å². The highest BCUT2D eigenvalue weighted by Crippen LogP contribution is 2.31. The molecule has 1 aliphatic carbocycles. The molecule has 1 aromatic heterocycles. The number of methoxy groups -OCH3 is 1. The Bertz CT molecular complexity index is 346. The minimum absolute atomic E-state index is 0.111. The van der Waals surface area contributed by atoms with Crippen molar-refractivity contribution in [2.75, 3.05) is 7.11 Å². The first-order chi connectivity index (χ1) is 8.29. The minimum atomic E-state index is -0.111. The summed E-state index contributed by atoms with van der Waals surface area (Å²) in [6.07, 6.45) is 4.26. The van der Waals surface area contributed by atoms with E-state index in [1.807, 2.05) is 0 Å². The van der Waals surface area contributed by atoms with Crippen molar-refractivity contribution in [2.24, 2.45) is 5.92 Å². The van der Waals surface area contributed by atoms with Crippen LogP contribution in [0.3, 0.4) is 0 Å². The Labute approximate surface area is 106 Å². The lowest BCUT2D eigenvalue weighted by Crippen LogP contribution is -2.40. The van der Waals surface area contributed by atoms with Gasteiger partial charge in [-0.05, 0) is 30.2 Å². The van der Waals surface area contributed by atoms with Crippen molar-refractivity contribution < 1.29 is 9.53 Å². The van der Waals surface area contributed by atoms with Gasteiger partial charge in [-0.25, -0.2) is 0 Å². The van der Waals surface area contributed by atoms with Crippen LogP contribution in [-0.4, -0.2) is 19.1 Å². The van der Waals surface area contributed by atoms with E-state index in [0.717, 1.165) is 6.54 Å². The van der Waals surface area contributed by atoms with Crippen molar-refractivity contribution >= 4 is 17.3 Å². The van der Waals surface area contributed by atoms with Crippen LogP contribution < -0.4 is 5.32 Å². The summed E-state index contributed by atoms with van der Waals surface area (Å²) >= 11 is 1.75. The van der Waals surface area contributed by atoms with Crippen molar-refractivity contribution in [3.05, 3.63) is 22.4 Å². The highest BCUT2D eigenvalue weighted by Gasteiger charge is 2.28. The van der Waals surface area contributed by atoms with Crippen molar-refractivity contribution in [1.82, 2.24) is 5.32 Å². The topological polar surface area (TPSA) is 38.3 Å². The van der Waals surface area contributed by atoms with E-state index >= 15 is 0 Å². The smallest absolute Gasteiger partial charge is 0.307 e. The summed E-state index contributed by atoms with van der Waals surface area (Å²) in [7, 11) is 1.46. The average molecular weight is 253 g/mol. The van der Waals surface area contributed by atoms with Crippen LogP contribution in [-0.2, 0) is 16.1 Å². The molecule has 0 aromatic carbocycles. The molecule has 0 spiro atoms. The maximum Gasteiger partial charge on any atom is 0.307 e. The number of carbonyl (C=O) groups excluding carboxylic acids is 1. The van der Waals surface area contributed by atoms with Gasteiger partial charge in [0.1, 0.15) is 0 Å². The van der Waals surface area contributed by atoms with Crippen LogP contribution in [0.2, 0.25) is 0 Å². The number of thiophene rings is 1. The first kappa shape index (κ1) is 12.6. The van der Waals surface area contributed by atoms with Gasteiger partial charge in [-0.3, -0.25) is 4.79 Å². The Morgan fingerprint density at radius 2 is 2.47 bits per heavy atom. The second kappa shape index (κ2) is 6.17. The number of hydrogen-bond donors (Lipinski definition) is 1. The number of ether oxygens (including phenoxy) is 1. The molecule has 1 N–H and O–H groups in total. The molecule has 0 saturated heterocycles. The van der Waals surface area contributed by atoms with Gasteiger partial charge in [0.25, 0.3) is 0 Å². The summed E-state index contributed by atoms with van der Waals surface area (Å²) in [6.45, 7) is 0.857. The lowest BCUT2D eigenvalue weighted by Gasteiger charge is -2.33. The van der Waals surface area contributed by atoms with E-state index in [1.54, 1.807) is 11.3 Å². The van der Waals surface area contributed by atoms with E-state index in [9.17, 15) is 4.79 Å². The Morgan fingerprint density at radius 3 is 3.00 bits per heavy atom. The van der Waals surface area contributed by atoms with Crippen LogP contribution in [0.25, 0.3) is 0 Å². The molecule has 94 valence electrons. The molecule has 0 aliphatic heterocycles. The molecule has 17 heavy (non-hydrogen) atoms. The predicted octanol–water partition coefficient (Wildman–Crippen LogP) is 2.57. The maximum atomic E-state index is 11.4. The standard InChI is InChI=1S/C13H19NO2S/c1-16-13(15)8-12(10-4-2-5-10)14-9-11-6-3-7-17-11/h3,6-7,10,12,14H,2,4-5,8-9H2,1H3. The number of hydrogen-bond acceptors (Lipinski definition) is 4. The molecule has 1 fully saturated rings. The van der Waals surface area contributed by atoms with Gasteiger partial charge in [0, 0.05) is 17.5 Å². The third-order valence-electron chi connectivity index (χ3n) is 3.45. The Morgan fingerprint density at radius 1 is 1.65 bits per heavy atom. The zero-order chi connectivity index (χ0) is 12.1. The van der Waals surface area contributed by atoms with E-state index in [4.69, 9.17) is 4.74 Å². The molecule has 1 aromatic rings. The number of carbonyl (C=O) groups is 1. The molecule has 0 bridgehead atoms. The molecule has 1 atom stereocenters. The Balaban J connectivity index is 1.84. The zero-order valence-corrected chi connectivity index (χ0v) is 11.0. The second-order valence-corrected chi connectivity index (χ2v) is 5.57. The highest BCUT2D eigenvalue weighted by atomic mass is 32.1. The molecular formula is C13H19NO2S. The maximum absolute atomic E-state index is 11.4. The lowest BCUT2D eigenvalue weighted by molar-refractivity contribution is -0.141. The van der Waals surface area contributed by atoms with E-state index < -0.39 is 0 Å². The summed E-state index contributed by atoms with van der Waals surface area (Å²) in [6, 6.07) is 4.45. The molecule has 0 radical (unpaired) electrons. The second-order valence-electron chi connectivity index (χ2n) is 4.54. The summed E-state index contributed by atoms with van der Waals surface area (Å²) < 4.78 is 4.76. The first-order valence-corrected chi connectivity index (χ1v) is 7.00. The monoisotopic (exact) mass is 253 g/mol. The number of esters is 1. The average Bonchev–Trinajstić information content (AvgIpc) is 2.76. The van der Waals surface area contributed by atoms with Gasteiger partial charge in [-0.15, -0.1) is 11.3 Å². The highest BCUT2D eigenvalue weighted by molar-refractivity contribution is 7.09. The molecule has 2 rings (SSSR count). The van der Waals surface area contributed by atoms with E-state index in [1.165, 1.54) is 31.2 Å². The van der Waals surface area contributed by atoms with E-state index in [2.05, 4.69) is 22.8 Å². The van der Waals surface area contributed by atoms with Gasteiger partial charge in [0.15, 0.2) is 0 Å². The first-order valence-electron chi connectivity index (χ1n) is 6.12. The molecule has 1 saturated carbocycles. The van der Waals surface area contributed by atoms with Crippen molar-refractivity contribution in [3.63, 3.8) is 0 Å². The fourth-order valence-electron chi connectivity index (χ4n) is 2.16. The van der Waals surface area contributed by atoms with Crippen LogP contribution in [0.15, 0.2) is 17.5 Å². The van der Waals surface area contributed by atoms with Gasteiger partial charge in [-0.2, -0.15) is 0 Å². The molecule has 3 nitrogen and oxygen atoms in total. The van der Waals surface area contributed by atoms with Crippen molar-refractivity contribution in [2.45, 2.75) is 38.3 Å². The normalized spacial score (nSPS) is 17.5. The van der Waals surface area contributed by atoms with Gasteiger partial charge < -0.3 is 10.1 Å². The Kier molecular flexibility index (Phi) is 4.57. The zero-order valence-electron chi connectivity index (χ0n) is 10.1. The van der Waals surface area contributed by atoms with Crippen LogP contribution in [0.1, 0.15) is 30.6 Å². The van der Waals surface area contributed by atoms with Gasteiger partial charge in [0.2, 0.25) is 0 Å². The van der Waals surface area contributed by atoms with Gasteiger partial charge in [0.05, 0.1) is 13.5 Å². The molecule has 1 heterocycles. The predicted molar refractivity (Wildman–Crippen MR) is 68.9 cm³/mol. The molecule has 0 amide bonds. The molecule has 1 unspecified atom stereocenters. The van der Waals surface area contributed by atoms with Crippen LogP contribution in [0.4, 0.5) is 0 Å². The minimum Gasteiger partial charge on any atom is -0.469 e. The molecular weight excluding hydrogens is 234 g/mol. The van der Waals surface area contributed by atoms with E-state index in [-0.39, 0.29) is 12.0 Å². The van der Waals surface area contributed by atoms with Crippen LogP contribution in [0.5, 0.6) is 0 Å². The largest absolute Gasteiger partial charge is 0.469 e.